The van der Waals surface area contributed by atoms with Gasteiger partial charge in [0.25, 0.3) is 0 Å². The van der Waals surface area contributed by atoms with Gasteiger partial charge in [-0.2, -0.15) is 0 Å². The highest BCUT2D eigenvalue weighted by Gasteiger charge is 2.11. The number of rotatable bonds is 7. The Morgan fingerprint density at radius 1 is 0.229 bits per heavy atom. The summed E-state index contributed by atoms with van der Waals surface area (Å²) in [4.78, 5) is 21.2. The van der Waals surface area contributed by atoms with E-state index in [1.165, 1.54) is 0 Å². The van der Waals surface area contributed by atoms with Crippen LogP contribution in [0, 0.1) is 0 Å². The molecular formula is C43H29N5. The number of hydrogen-bond donors (Lipinski definition) is 0. The zero-order chi connectivity index (χ0) is 32.1. The van der Waals surface area contributed by atoms with Crippen molar-refractivity contribution in [3.8, 4) is 77.9 Å². The summed E-state index contributed by atoms with van der Waals surface area (Å²) in [6, 6.07) is 45.4. The van der Waals surface area contributed by atoms with Crippen molar-refractivity contribution in [2.24, 2.45) is 0 Å². The van der Waals surface area contributed by atoms with E-state index < -0.39 is 0 Å². The molecule has 5 nitrogen and oxygen atoms in total. The molecule has 0 N–H and O–H groups in total. The van der Waals surface area contributed by atoms with Crippen molar-refractivity contribution in [3.63, 3.8) is 0 Å². The molecule has 8 rings (SSSR count). The van der Waals surface area contributed by atoms with Crippen LogP contribution in [-0.2, 0) is 0 Å². The van der Waals surface area contributed by atoms with Crippen molar-refractivity contribution >= 4 is 0 Å². The summed E-state index contributed by atoms with van der Waals surface area (Å²) in [6.07, 6.45) is 14.2. The molecule has 0 aliphatic carbocycles. The molecule has 0 aliphatic heterocycles. The molecule has 0 fully saturated rings. The predicted octanol–water partition coefficient (Wildman–Crippen LogP) is 10.3. The molecule has 48 heavy (non-hydrogen) atoms. The van der Waals surface area contributed by atoms with Crippen LogP contribution in [0.4, 0.5) is 0 Å². The number of pyridine rings is 1. The Kier molecular flexibility index (Phi) is 7.83. The van der Waals surface area contributed by atoms with Gasteiger partial charge in [0.2, 0.25) is 0 Å². The first-order valence-corrected chi connectivity index (χ1v) is 15.7. The van der Waals surface area contributed by atoms with Crippen molar-refractivity contribution in [3.05, 3.63) is 177 Å². The standard InChI is InChI=1S/C43H29N5/c1-5-31(30-13-15-44-16-14-30)17-32(6-1)33-7-2-10-36(18-33)39-21-40(23-41(22-39)43-26-47-29-48-27-43)37-11-3-8-34(19-37)35-9-4-12-38(20-35)42-24-45-28-46-25-42/h1-29H. The van der Waals surface area contributed by atoms with Crippen molar-refractivity contribution in [1.29, 1.82) is 0 Å². The first-order valence-electron chi connectivity index (χ1n) is 15.7. The normalized spacial score (nSPS) is 10.9. The van der Waals surface area contributed by atoms with Crippen LogP contribution in [0.2, 0.25) is 0 Å². The topological polar surface area (TPSA) is 64.5 Å². The molecular weight excluding hydrogens is 587 g/mol. The lowest BCUT2D eigenvalue weighted by Crippen LogP contribution is -1.89. The van der Waals surface area contributed by atoms with Crippen LogP contribution >= 0.6 is 0 Å². The first kappa shape index (κ1) is 28.9. The lowest BCUT2D eigenvalue weighted by molar-refractivity contribution is 1.17. The highest BCUT2D eigenvalue weighted by atomic mass is 14.8. The minimum absolute atomic E-state index is 0.968. The Bertz CT molecular complexity index is 2190. The zero-order valence-electron chi connectivity index (χ0n) is 26.0. The van der Waals surface area contributed by atoms with Crippen LogP contribution in [0.25, 0.3) is 77.9 Å². The third-order valence-electron chi connectivity index (χ3n) is 8.52. The second kappa shape index (κ2) is 13.0. The maximum absolute atomic E-state index is 4.32. The molecule has 0 unspecified atom stereocenters. The molecule has 0 bridgehead atoms. The number of benzene rings is 5. The summed E-state index contributed by atoms with van der Waals surface area (Å²) in [5.41, 5.74) is 15.5. The van der Waals surface area contributed by atoms with E-state index in [4.69, 9.17) is 0 Å². The summed E-state index contributed by atoms with van der Waals surface area (Å²) in [5.74, 6) is 0. The van der Waals surface area contributed by atoms with E-state index >= 15 is 0 Å². The first-order chi connectivity index (χ1) is 23.8. The van der Waals surface area contributed by atoms with Crippen LogP contribution in [0.1, 0.15) is 0 Å². The van der Waals surface area contributed by atoms with Gasteiger partial charge in [-0.15, -0.1) is 0 Å². The molecule has 0 atom stereocenters. The molecule has 3 aromatic heterocycles. The molecule has 0 aliphatic rings. The van der Waals surface area contributed by atoms with Crippen LogP contribution in [0.5, 0.6) is 0 Å². The van der Waals surface area contributed by atoms with E-state index in [9.17, 15) is 0 Å². The van der Waals surface area contributed by atoms with Crippen molar-refractivity contribution in [1.82, 2.24) is 24.9 Å². The summed E-state index contributed by atoms with van der Waals surface area (Å²) < 4.78 is 0. The molecule has 0 saturated heterocycles. The van der Waals surface area contributed by atoms with Crippen molar-refractivity contribution in [2.45, 2.75) is 0 Å². The van der Waals surface area contributed by atoms with E-state index in [0.29, 0.717) is 0 Å². The van der Waals surface area contributed by atoms with E-state index in [0.717, 1.165) is 77.9 Å². The van der Waals surface area contributed by atoms with Gasteiger partial charge in [0.05, 0.1) is 0 Å². The van der Waals surface area contributed by atoms with Gasteiger partial charge in [0.15, 0.2) is 0 Å². The average Bonchev–Trinajstić information content (AvgIpc) is 3.19. The van der Waals surface area contributed by atoms with Crippen LogP contribution in [0.3, 0.4) is 0 Å². The van der Waals surface area contributed by atoms with Gasteiger partial charge in [0, 0.05) is 48.3 Å². The largest absolute Gasteiger partial charge is 0.265 e. The summed E-state index contributed by atoms with van der Waals surface area (Å²) in [5, 5.41) is 0. The van der Waals surface area contributed by atoms with Gasteiger partial charge >= 0.3 is 0 Å². The monoisotopic (exact) mass is 615 g/mol. The third kappa shape index (κ3) is 6.13. The van der Waals surface area contributed by atoms with Gasteiger partial charge in [-0.25, -0.2) is 19.9 Å². The number of aromatic nitrogens is 5. The fourth-order valence-electron chi connectivity index (χ4n) is 6.08. The molecule has 0 saturated carbocycles. The predicted molar refractivity (Wildman–Crippen MR) is 193 cm³/mol. The molecule has 226 valence electrons. The molecule has 0 spiro atoms. The van der Waals surface area contributed by atoms with Crippen molar-refractivity contribution in [2.75, 3.05) is 0 Å². The second-order valence-corrected chi connectivity index (χ2v) is 11.6. The van der Waals surface area contributed by atoms with Crippen LogP contribution in [-0.4, -0.2) is 24.9 Å². The SMILES string of the molecule is c1cc(-c2ccncc2)cc(-c2cccc(-c3cc(-c4cncnc4)cc(-c4cccc(-c5cccc(-c6cncnc6)c5)c4)c3)c2)c1. The fourth-order valence-corrected chi connectivity index (χ4v) is 6.08. The highest BCUT2D eigenvalue weighted by molar-refractivity contribution is 5.85. The quantitative estimate of drug-likeness (QED) is 0.178. The van der Waals surface area contributed by atoms with Crippen LogP contribution in [0.15, 0.2) is 177 Å². The minimum Gasteiger partial charge on any atom is -0.265 e. The van der Waals surface area contributed by atoms with E-state index in [1.54, 1.807) is 12.7 Å². The Morgan fingerprint density at radius 2 is 0.500 bits per heavy atom. The van der Waals surface area contributed by atoms with E-state index in [1.807, 2.05) is 49.3 Å². The van der Waals surface area contributed by atoms with Gasteiger partial charge in [-0.3, -0.25) is 4.98 Å². The Morgan fingerprint density at radius 3 is 0.896 bits per heavy atom. The third-order valence-corrected chi connectivity index (χ3v) is 8.52. The smallest absolute Gasteiger partial charge is 0.115 e. The zero-order valence-corrected chi connectivity index (χ0v) is 26.0. The molecule has 5 aromatic carbocycles. The second-order valence-electron chi connectivity index (χ2n) is 11.6. The van der Waals surface area contributed by atoms with Gasteiger partial charge in [0.1, 0.15) is 12.7 Å². The van der Waals surface area contributed by atoms with Crippen molar-refractivity contribution < 1.29 is 0 Å². The van der Waals surface area contributed by atoms with E-state index in [-0.39, 0.29) is 0 Å². The van der Waals surface area contributed by atoms with Gasteiger partial charge < -0.3 is 0 Å². The lowest BCUT2D eigenvalue weighted by atomic mass is 9.91. The summed E-state index contributed by atoms with van der Waals surface area (Å²) in [7, 11) is 0. The van der Waals surface area contributed by atoms with Crippen LogP contribution < -0.4 is 0 Å². The Labute approximate surface area is 279 Å². The highest BCUT2D eigenvalue weighted by Crippen LogP contribution is 2.36. The lowest BCUT2D eigenvalue weighted by Gasteiger charge is -2.13. The maximum Gasteiger partial charge on any atom is 0.115 e. The molecule has 0 amide bonds. The molecule has 8 aromatic rings. The Hall–Kier alpha value is -6.59. The summed E-state index contributed by atoms with van der Waals surface area (Å²) in [6.45, 7) is 0. The number of hydrogen-bond acceptors (Lipinski definition) is 5. The molecule has 3 heterocycles. The minimum atomic E-state index is 0.968. The molecule has 5 heteroatoms. The maximum atomic E-state index is 4.32. The van der Waals surface area contributed by atoms with Gasteiger partial charge in [-0.1, -0.05) is 72.8 Å². The average molecular weight is 616 g/mol. The molecule has 0 radical (unpaired) electrons. The van der Waals surface area contributed by atoms with Gasteiger partial charge in [-0.05, 0) is 121 Å². The fraction of sp³-hybridized carbons (Fsp3) is 0. The summed E-state index contributed by atoms with van der Waals surface area (Å²) >= 11 is 0. The Balaban J connectivity index is 1.20. The number of nitrogens with zero attached hydrogens (tertiary/aromatic N) is 5. The van der Waals surface area contributed by atoms with E-state index in [2.05, 4.69) is 140 Å².